The third-order valence-electron chi connectivity index (χ3n) is 4.80. The van der Waals surface area contributed by atoms with Gasteiger partial charge in [0.1, 0.15) is 23.1 Å². The van der Waals surface area contributed by atoms with E-state index in [1.165, 1.54) is 48.5 Å². The Labute approximate surface area is 199 Å². The number of ether oxygens (including phenoxy) is 1. The molecule has 0 aliphatic carbocycles. The third kappa shape index (κ3) is 5.32. The molecule has 1 heterocycles. The molecule has 1 aliphatic heterocycles. The van der Waals surface area contributed by atoms with Crippen LogP contribution in [0.25, 0.3) is 6.08 Å². The van der Waals surface area contributed by atoms with Crippen molar-refractivity contribution < 1.29 is 23.1 Å². The van der Waals surface area contributed by atoms with Crippen molar-refractivity contribution >= 4 is 46.2 Å². The zero-order valence-electron chi connectivity index (χ0n) is 18.0. The molecule has 34 heavy (non-hydrogen) atoms. The van der Waals surface area contributed by atoms with Gasteiger partial charge in [0.15, 0.2) is 5.17 Å². The fourth-order valence-corrected chi connectivity index (χ4v) is 3.96. The molecule has 1 aliphatic rings. The van der Waals surface area contributed by atoms with E-state index >= 15 is 0 Å². The van der Waals surface area contributed by atoms with Crippen molar-refractivity contribution in [1.82, 2.24) is 0 Å². The number of nitrogens with one attached hydrogen (secondary N) is 1. The number of aliphatic imine (C=N–C) groups is 1. The summed E-state index contributed by atoms with van der Waals surface area (Å²) in [5, 5.41) is 2.91. The molecule has 1 N–H and O–H groups in total. The van der Waals surface area contributed by atoms with Crippen molar-refractivity contribution in [2.24, 2.45) is 4.99 Å². The van der Waals surface area contributed by atoms with Crippen LogP contribution in [-0.4, -0.2) is 29.8 Å². The number of amides is 2. The van der Waals surface area contributed by atoms with Crippen LogP contribution in [0.3, 0.4) is 0 Å². The maximum atomic E-state index is 14.5. The summed E-state index contributed by atoms with van der Waals surface area (Å²) in [6.45, 7) is 0. The number of rotatable bonds is 6. The summed E-state index contributed by atoms with van der Waals surface area (Å²) in [5.74, 6) is -1.28. The molecule has 0 bridgehead atoms. The largest absolute Gasteiger partial charge is 0.497 e. The Hall–Kier alpha value is -3.98. The number of benzene rings is 3. The molecule has 3 aromatic rings. The van der Waals surface area contributed by atoms with E-state index < -0.39 is 17.5 Å². The number of carbonyl (C=O) groups excluding carboxylic acids is 2. The highest BCUT2D eigenvalue weighted by molar-refractivity contribution is 8.14. The third-order valence-corrected chi connectivity index (χ3v) is 5.74. The van der Waals surface area contributed by atoms with Crippen molar-refractivity contribution in [2.75, 3.05) is 23.1 Å². The van der Waals surface area contributed by atoms with E-state index in [0.717, 1.165) is 16.7 Å². The van der Waals surface area contributed by atoms with Crippen LogP contribution in [-0.2, 0) is 9.59 Å². The van der Waals surface area contributed by atoms with Crippen LogP contribution in [0.1, 0.15) is 5.56 Å². The molecule has 0 spiro atoms. The quantitative estimate of drug-likeness (QED) is 0.500. The van der Waals surface area contributed by atoms with Crippen molar-refractivity contribution in [2.45, 2.75) is 0 Å². The van der Waals surface area contributed by atoms with Crippen molar-refractivity contribution in [3.05, 3.63) is 95.7 Å². The first-order valence-corrected chi connectivity index (χ1v) is 11.1. The van der Waals surface area contributed by atoms with E-state index in [0.29, 0.717) is 17.0 Å². The first-order valence-electron chi connectivity index (χ1n) is 10.2. The number of halogens is 2. The Bertz CT molecular complexity index is 1280. The maximum Gasteiger partial charge on any atom is 0.283 e. The molecule has 6 nitrogen and oxygen atoms in total. The monoisotopic (exact) mass is 479 g/mol. The summed E-state index contributed by atoms with van der Waals surface area (Å²) in [5.41, 5.74) is 1.22. The molecule has 0 saturated carbocycles. The number of carbonyl (C=O) groups is 2. The van der Waals surface area contributed by atoms with Gasteiger partial charge in [0, 0.05) is 5.69 Å². The van der Waals surface area contributed by atoms with Gasteiger partial charge in [-0.25, -0.2) is 13.8 Å². The van der Waals surface area contributed by atoms with Gasteiger partial charge < -0.3 is 10.1 Å². The Balaban J connectivity index is 1.55. The number of methoxy groups -OCH3 is 1. The van der Waals surface area contributed by atoms with Crippen molar-refractivity contribution in [3.63, 3.8) is 0 Å². The molecule has 0 aromatic heterocycles. The Kier molecular flexibility index (Phi) is 7.03. The van der Waals surface area contributed by atoms with Crippen LogP contribution in [0, 0.1) is 11.6 Å². The molecule has 0 radical (unpaired) electrons. The topological polar surface area (TPSA) is 71.0 Å². The molecular formula is C25H19F2N3O3S. The highest BCUT2D eigenvalue weighted by Crippen LogP contribution is 2.31. The molecule has 0 saturated heterocycles. The van der Waals surface area contributed by atoms with Gasteiger partial charge in [-0.1, -0.05) is 36.0 Å². The second-order valence-corrected chi connectivity index (χ2v) is 8.08. The van der Waals surface area contributed by atoms with E-state index in [1.807, 2.05) is 0 Å². The van der Waals surface area contributed by atoms with Gasteiger partial charge in [0.2, 0.25) is 5.91 Å². The average molecular weight is 480 g/mol. The number of anilines is 2. The Morgan fingerprint density at radius 1 is 1.06 bits per heavy atom. The highest BCUT2D eigenvalue weighted by Gasteiger charge is 2.33. The van der Waals surface area contributed by atoms with Crippen LogP contribution < -0.4 is 15.0 Å². The fraction of sp³-hybridized carbons (Fsp3) is 0.0800. The second-order valence-electron chi connectivity index (χ2n) is 7.13. The Morgan fingerprint density at radius 2 is 1.76 bits per heavy atom. The van der Waals surface area contributed by atoms with Crippen LogP contribution in [0.5, 0.6) is 5.75 Å². The second kappa shape index (κ2) is 10.3. The summed E-state index contributed by atoms with van der Waals surface area (Å²) < 4.78 is 32.8. The standard InChI is InChI=1S/C25H19F2N3O3S/c1-33-19-12-10-18(11-13-19)28-23(31)15-34-25-29-21(14-16-6-8-17(26)9-7-16)24(32)30(25)22-5-3-2-4-20(22)27/h2-14H,15H2,1H3,(H,28,31)/b21-14+. The summed E-state index contributed by atoms with van der Waals surface area (Å²) >= 11 is 1.00. The first-order chi connectivity index (χ1) is 16.4. The molecule has 0 atom stereocenters. The number of thioether (sulfide) groups is 1. The van der Waals surface area contributed by atoms with Gasteiger partial charge in [-0.2, -0.15) is 0 Å². The molecule has 3 aromatic carbocycles. The van der Waals surface area contributed by atoms with Gasteiger partial charge in [-0.05, 0) is 60.2 Å². The van der Waals surface area contributed by atoms with Crippen LogP contribution in [0.2, 0.25) is 0 Å². The number of hydrogen-bond donors (Lipinski definition) is 1. The lowest BCUT2D eigenvalue weighted by Crippen LogP contribution is -2.32. The van der Waals surface area contributed by atoms with E-state index in [-0.39, 0.29) is 28.2 Å². The summed E-state index contributed by atoms with van der Waals surface area (Å²) in [7, 11) is 1.55. The van der Waals surface area contributed by atoms with Crippen LogP contribution in [0.4, 0.5) is 20.2 Å². The summed E-state index contributed by atoms with van der Waals surface area (Å²) in [4.78, 5) is 31.1. The van der Waals surface area contributed by atoms with Crippen LogP contribution >= 0.6 is 11.8 Å². The highest BCUT2D eigenvalue weighted by atomic mass is 32.2. The van der Waals surface area contributed by atoms with Gasteiger partial charge in [-0.3, -0.25) is 14.5 Å². The number of para-hydroxylation sites is 1. The molecule has 2 amide bonds. The van der Waals surface area contributed by atoms with Crippen molar-refractivity contribution in [1.29, 1.82) is 0 Å². The van der Waals surface area contributed by atoms with E-state index in [4.69, 9.17) is 4.74 Å². The predicted octanol–water partition coefficient (Wildman–Crippen LogP) is 5.09. The minimum absolute atomic E-state index is 0.0248. The molecular weight excluding hydrogens is 460 g/mol. The van der Waals surface area contributed by atoms with Gasteiger partial charge in [-0.15, -0.1) is 0 Å². The van der Waals surface area contributed by atoms with E-state index in [2.05, 4.69) is 10.3 Å². The Morgan fingerprint density at radius 3 is 2.44 bits per heavy atom. The minimum atomic E-state index is -0.602. The molecule has 172 valence electrons. The normalized spacial score (nSPS) is 14.3. The zero-order chi connectivity index (χ0) is 24.1. The van der Waals surface area contributed by atoms with Gasteiger partial charge in [0.05, 0.1) is 18.6 Å². The molecule has 0 unspecified atom stereocenters. The molecule has 9 heteroatoms. The lowest BCUT2D eigenvalue weighted by Gasteiger charge is -2.18. The van der Waals surface area contributed by atoms with Gasteiger partial charge >= 0.3 is 0 Å². The van der Waals surface area contributed by atoms with Crippen molar-refractivity contribution in [3.8, 4) is 5.75 Å². The predicted molar refractivity (Wildman–Crippen MR) is 130 cm³/mol. The average Bonchev–Trinajstić information content (AvgIpc) is 3.14. The SMILES string of the molecule is COc1ccc(NC(=O)CSC2=N/C(=C/c3ccc(F)cc3)C(=O)N2c2ccccc2F)cc1. The summed E-state index contributed by atoms with van der Waals surface area (Å²) in [6, 6.07) is 18.2. The minimum Gasteiger partial charge on any atom is -0.497 e. The zero-order valence-corrected chi connectivity index (χ0v) is 18.8. The maximum absolute atomic E-state index is 14.5. The number of amidine groups is 1. The van der Waals surface area contributed by atoms with Gasteiger partial charge in [0.25, 0.3) is 5.91 Å². The lowest BCUT2D eigenvalue weighted by molar-refractivity contribution is -0.114. The van der Waals surface area contributed by atoms with E-state index in [1.54, 1.807) is 37.4 Å². The van der Waals surface area contributed by atoms with E-state index in [9.17, 15) is 18.4 Å². The number of hydrogen-bond acceptors (Lipinski definition) is 5. The molecule has 4 rings (SSSR count). The number of nitrogens with zero attached hydrogens (tertiary/aromatic N) is 2. The smallest absolute Gasteiger partial charge is 0.283 e. The fourth-order valence-electron chi connectivity index (χ4n) is 3.16. The molecule has 0 fully saturated rings. The lowest BCUT2D eigenvalue weighted by atomic mass is 10.2. The van der Waals surface area contributed by atoms with Crippen LogP contribution in [0.15, 0.2) is 83.5 Å². The summed E-state index contributed by atoms with van der Waals surface area (Å²) in [6.07, 6.45) is 1.49. The first kappa shape index (κ1) is 23.2.